The zero-order chi connectivity index (χ0) is 10.7. The van der Waals surface area contributed by atoms with E-state index in [1.165, 1.54) is 30.6 Å². The van der Waals surface area contributed by atoms with Crippen molar-refractivity contribution >= 4 is 0 Å². The third-order valence-electron chi connectivity index (χ3n) is 3.17. The summed E-state index contributed by atoms with van der Waals surface area (Å²) in [6.45, 7) is 6.56. The number of nitrogens with zero attached hydrogens (tertiary/aromatic N) is 1. The Morgan fingerprint density at radius 1 is 1.27 bits per heavy atom. The zero-order valence-electron chi connectivity index (χ0n) is 9.45. The van der Waals surface area contributed by atoms with Crippen molar-refractivity contribution in [3.8, 4) is 0 Å². The molecule has 0 spiro atoms. The number of rotatable bonds is 3. The molecule has 0 bridgehead atoms. The van der Waals surface area contributed by atoms with Gasteiger partial charge in [-0.05, 0) is 30.0 Å². The molecule has 1 unspecified atom stereocenters. The number of likely N-dealkylation sites (tertiary alicyclic amines) is 1. The molecular formula is C13H20N2. The molecule has 0 aromatic heterocycles. The lowest BCUT2D eigenvalue weighted by Crippen LogP contribution is -2.19. The van der Waals surface area contributed by atoms with E-state index in [1.807, 2.05) is 0 Å². The first-order valence-electron chi connectivity index (χ1n) is 5.78. The number of nitrogens with two attached hydrogens (primary N) is 1. The maximum absolute atomic E-state index is 5.57. The SMILES string of the molecule is CC1CCN(Cc2ccc(CN)cc2)C1. The quantitative estimate of drug-likeness (QED) is 0.816. The molecule has 0 radical (unpaired) electrons. The monoisotopic (exact) mass is 204 g/mol. The van der Waals surface area contributed by atoms with E-state index >= 15 is 0 Å². The molecule has 1 heterocycles. The van der Waals surface area contributed by atoms with E-state index in [2.05, 4.69) is 36.1 Å². The molecule has 1 aliphatic heterocycles. The van der Waals surface area contributed by atoms with Crippen LogP contribution in [-0.2, 0) is 13.1 Å². The van der Waals surface area contributed by atoms with E-state index in [0.29, 0.717) is 6.54 Å². The van der Waals surface area contributed by atoms with Crippen molar-refractivity contribution in [2.75, 3.05) is 13.1 Å². The molecular weight excluding hydrogens is 184 g/mol. The fraction of sp³-hybridized carbons (Fsp3) is 0.538. The van der Waals surface area contributed by atoms with Crippen LogP contribution in [0.15, 0.2) is 24.3 Å². The smallest absolute Gasteiger partial charge is 0.0233 e. The summed E-state index contributed by atoms with van der Waals surface area (Å²) in [4.78, 5) is 2.53. The second kappa shape index (κ2) is 4.77. The lowest BCUT2D eigenvalue weighted by Gasteiger charge is -2.15. The van der Waals surface area contributed by atoms with Crippen LogP contribution in [0.1, 0.15) is 24.5 Å². The highest BCUT2D eigenvalue weighted by Crippen LogP contribution is 2.17. The predicted molar refractivity (Wildman–Crippen MR) is 63.4 cm³/mol. The highest BCUT2D eigenvalue weighted by atomic mass is 15.1. The Labute approximate surface area is 92.1 Å². The molecule has 2 rings (SSSR count). The molecule has 1 aromatic carbocycles. The topological polar surface area (TPSA) is 29.3 Å². The third kappa shape index (κ3) is 2.80. The minimum Gasteiger partial charge on any atom is -0.326 e. The Kier molecular flexibility index (Phi) is 3.39. The summed E-state index contributed by atoms with van der Waals surface area (Å²) in [5.41, 5.74) is 8.19. The summed E-state index contributed by atoms with van der Waals surface area (Å²) >= 11 is 0. The van der Waals surface area contributed by atoms with Gasteiger partial charge >= 0.3 is 0 Å². The maximum Gasteiger partial charge on any atom is 0.0233 e. The van der Waals surface area contributed by atoms with Gasteiger partial charge in [0, 0.05) is 19.6 Å². The average Bonchev–Trinajstić information content (AvgIpc) is 2.65. The summed E-state index contributed by atoms with van der Waals surface area (Å²) in [6, 6.07) is 8.67. The Hall–Kier alpha value is -0.860. The highest BCUT2D eigenvalue weighted by Gasteiger charge is 2.18. The van der Waals surface area contributed by atoms with Crippen LogP contribution < -0.4 is 5.73 Å². The van der Waals surface area contributed by atoms with Gasteiger partial charge in [0.05, 0.1) is 0 Å². The van der Waals surface area contributed by atoms with Crippen molar-refractivity contribution in [2.24, 2.45) is 11.7 Å². The largest absolute Gasteiger partial charge is 0.326 e. The molecule has 0 saturated carbocycles. The van der Waals surface area contributed by atoms with Crippen LogP contribution in [0.4, 0.5) is 0 Å². The van der Waals surface area contributed by atoms with Gasteiger partial charge in [-0.15, -0.1) is 0 Å². The fourth-order valence-electron chi connectivity index (χ4n) is 2.21. The Balaban J connectivity index is 1.93. The Bertz CT molecular complexity index is 305. The molecule has 2 heteroatoms. The second-order valence-corrected chi connectivity index (χ2v) is 4.65. The van der Waals surface area contributed by atoms with Crippen molar-refractivity contribution in [1.29, 1.82) is 0 Å². The molecule has 82 valence electrons. The van der Waals surface area contributed by atoms with Crippen molar-refractivity contribution in [2.45, 2.75) is 26.4 Å². The molecule has 2 N–H and O–H groups in total. The normalized spacial score (nSPS) is 22.1. The van der Waals surface area contributed by atoms with Gasteiger partial charge in [-0.3, -0.25) is 4.90 Å². The van der Waals surface area contributed by atoms with Gasteiger partial charge in [0.2, 0.25) is 0 Å². The molecule has 1 aromatic rings. The fourth-order valence-corrected chi connectivity index (χ4v) is 2.21. The first-order valence-corrected chi connectivity index (χ1v) is 5.78. The van der Waals surface area contributed by atoms with E-state index in [9.17, 15) is 0 Å². The molecule has 2 nitrogen and oxygen atoms in total. The summed E-state index contributed by atoms with van der Waals surface area (Å²) < 4.78 is 0. The minimum atomic E-state index is 0.640. The Morgan fingerprint density at radius 3 is 2.47 bits per heavy atom. The number of hydrogen-bond donors (Lipinski definition) is 1. The van der Waals surface area contributed by atoms with Crippen LogP contribution in [0, 0.1) is 5.92 Å². The molecule has 1 aliphatic rings. The van der Waals surface area contributed by atoms with Crippen LogP contribution in [0.5, 0.6) is 0 Å². The van der Waals surface area contributed by atoms with Crippen molar-refractivity contribution in [3.05, 3.63) is 35.4 Å². The molecule has 0 aliphatic carbocycles. The van der Waals surface area contributed by atoms with E-state index in [4.69, 9.17) is 5.73 Å². The van der Waals surface area contributed by atoms with E-state index < -0.39 is 0 Å². The zero-order valence-corrected chi connectivity index (χ0v) is 9.45. The van der Waals surface area contributed by atoms with Crippen LogP contribution in [0.25, 0.3) is 0 Å². The lowest BCUT2D eigenvalue weighted by molar-refractivity contribution is 0.320. The first kappa shape index (κ1) is 10.7. The van der Waals surface area contributed by atoms with Crippen molar-refractivity contribution in [1.82, 2.24) is 4.90 Å². The van der Waals surface area contributed by atoms with Crippen molar-refractivity contribution < 1.29 is 0 Å². The van der Waals surface area contributed by atoms with Crippen LogP contribution in [0.3, 0.4) is 0 Å². The van der Waals surface area contributed by atoms with Gasteiger partial charge in [-0.2, -0.15) is 0 Å². The number of benzene rings is 1. The van der Waals surface area contributed by atoms with Crippen LogP contribution in [0.2, 0.25) is 0 Å². The second-order valence-electron chi connectivity index (χ2n) is 4.65. The molecule has 1 fully saturated rings. The molecule has 1 atom stereocenters. The van der Waals surface area contributed by atoms with Gasteiger partial charge in [0.15, 0.2) is 0 Å². The molecule has 0 amide bonds. The molecule has 1 saturated heterocycles. The summed E-state index contributed by atoms with van der Waals surface area (Å²) in [6.07, 6.45) is 1.35. The first-order chi connectivity index (χ1) is 7.28. The van der Waals surface area contributed by atoms with Gasteiger partial charge in [-0.25, -0.2) is 0 Å². The summed E-state index contributed by atoms with van der Waals surface area (Å²) in [7, 11) is 0. The lowest BCUT2D eigenvalue weighted by atomic mass is 10.1. The van der Waals surface area contributed by atoms with Gasteiger partial charge in [-0.1, -0.05) is 31.2 Å². The molecule has 15 heavy (non-hydrogen) atoms. The standard InChI is InChI=1S/C13H20N2/c1-11-6-7-15(9-11)10-13-4-2-12(8-14)3-5-13/h2-5,11H,6-10,14H2,1H3. The van der Waals surface area contributed by atoms with E-state index in [1.54, 1.807) is 0 Å². The van der Waals surface area contributed by atoms with Gasteiger partial charge < -0.3 is 5.73 Å². The third-order valence-corrected chi connectivity index (χ3v) is 3.17. The van der Waals surface area contributed by atoms with Crippen LogP contribution in [-0.4, -0.2) is 18.0 Å². The Morgan fingerprint density at radius 2 is 1.93 bits per heavy atom. The predicted octanol–water partition coefficient (Wildman–Crippen LogP) is 1.99. The van der Waals surface area contributed by atoms with E-state index in [-0.39, 0.29) is 0 Å². The van der Waals surface area contributed by atoms with Gasteiger partial charge in [0.25, 0.3) is 0 Å². The highest BCUT2D eigenvalue weighted by molar-refractivity contribution is 5.22. The maximum atomic E-state index is 5.57. The van der Waals surface area contributed by atoms with Gasteiger partial charge in [0.1, 0.15) is 0 Å². The summed E-state index contributed by atoms with van der Waals surface area (Å²) in [5.74, 6) is 0.869. The van der Waals surface area contributed by atoms with Crippen LogP contribution >= 0.6 is 0 Å². The number of hydrogen-bond acceptors (Lipinski definition) is 2. The summed E-state index contributed by atoms with van der Waals surface area (Å²) in [5, 5.41) is 0. The average molecular weight is 204 g/mol. The van der Waals surface area contributed by atoms with Crippen molar-refractivity contribution in [3.63, 3.8) is 0 Å². The van der Waals surface area contributed by atoms with E-state index in [0.717, 1.165) is 12.5 Å². The minimum absolute atomic E-state index is 0.640.